The fourth-order valence-electron chi connectivity index (χ4n) is 9.86. The number of aryl methyl sites for hydroxylation is 4. The number of carbonyl (C=O) groups is 2. The van der Waals surface area contributed by atoms with E-state index in [0.717, 1.165) is 77.9 Å². The molecular weight excluding hydrogens is 825 g/mol. The van der Waals surface area contributed by atoms with Crippen LogP contribution in [0.25, 0.3) is 44.5 Å². The highest BCUT2D eigenvalue weighted by atomic mass is 16.2. The van der Waals surface area contributed by atoms with E-state index in [4.69, 9.17) is 20.2 Å². The highest BCUT2D eigenvalue weighted by Gasteiger charge is 2.29. The van der Waals surface area contributed by atoms with Crippen LogP contribution in [-0.2, 0) is 26.2 Å². The lowest BCUT2D eigenvalue weighted by Crippen LogP contribution is -2.25. The van der Waals surface area contributed by atoms with E-state index in [1.54, 1.807) is 21.8 Å². The van der Waals surface area contributed by atoms with Gasteiger partial charge >= 0.3 is 0 Å². The number of H-pyrrole nitrogens is 2. The molecule has 8 aromatic heterocycles. The van der Waals surface area contributed by atoms with Crippen molar-refractivity contribution in [3.63, 3.8) is 0 Å². The zero-order valence-corrected chi connectivity index (χ0v) is 37.4. The van der Waals surface area contributed by atoms with Crippen molar-refractivity contribution < 1.29 is 9.59 Å². The van der Waals surface area contributed by atoms with E-state index < -0.39 is 0 Å². The first-order chi connectivity index (χ1) is 32.1. The van der Waals surface area contributed by atoms with Crippen LogP contribution in [0.15, 0.2) is 98.1 Å². The highest BCUT2D eigenvalue weighted by molar-refractivity contribution is 6.04. The summed E-state index contributed by atoms with van der Waals surface area (Å²) >= 11 is 0. The molecular formula is C52H50N12O2. The van der Waals surface area contributed by atoms with E-state index in [1.807, 2.05) is 24.8 Å². The molecule has 2 aromatic carbocycles. The molecule has 12 rings (SSSR count). The maximum atomic E-state index is 14.7. The van der Waals surface area contributed by atoms with E-state index in [2.05, 4.69) is 118 Å². The lowest BCUT2D eigenvalue weighted by atomic mass is 9.99. The molecule has 0 saturated heterocycles. The molecule has 0 atom stereocenters. The molecule has 2 amide bonds. The minimum atomic E-state index is -0.327. The molecule has 2 fully saturated rings. The standard InChI is InChI=1S/C52H50N12O2/c1-29-17-45-39(13-15-53-45)31(3)41(29)19-55-51(65)43-27-63(25-37-23-61-21-35(33-5-6-33)9-11-47(61)57-37)59-49(43)50-44(52(66)56-20-42-30(2)18-46-40(32(42)4)14-16-54-46)28-64(60-50)26-38-24-62-22-36(34-7-8-34)10-12-48(62)58-38/h9-18,21-24,27-28,33-34,53-54H,5-8,19-20,25-26H2,1-4H3,(H,55,65)(H,56,66). The summed E-state index contributed by atoms with van der Waals surface area (Å²) in [6, 6.07) is 16.8. The van der Waals surface area contributed by atoms with Crippen LogP contribution in [0.4, 0.5) is 0 Å². The van der Waals surface area contributed by atoms with Crippen LogP contribution in [0, 0.1) is 27.7 Å². The van der Waals surface area contributed by atoms with Gasteiger partial charge in [-0.1, -0.05) is 12.1 Å². The number of aromatic nitrogens is 10. The van der Waals surface area contributed by atoms with Crippen molar-refractivity contribution in [3.8, 4) is 11.4 Å². The minimum absolute atomic E-state index is 0.301. The molecule has 14 heteroatoms. The molecule has 0 radical (unpaired) electrons. The Hall–Kier alpha value is -7.74. The van der Waals surface area contributed by atoms with Crippen LogP contribution in [0.1, 0.15) is 114 Å². The van der Waals surface area contributed by atoms with Crippen LogP contribution in [0.5, 0.6) is 0 Å². The molecule has 0 bridgehead atoms. The van der Waals surface area contributed by atoms with E-state index in [0.29, 0.717) is 60.5 Å². The zero-order valence-electron chi connectivity index (χ0n) is 37.4. The van der Waals surface area contributed by atoms with Gasteiger partial charge in [0.05, 0.1) is 35.6 Å². The monoisotopic (exact) mass is 874 g/mol. The first-order valence-corrected chi connectivity index (χ1v) is 22.9. The topological polar surface area (TPSA) is 160 Å². The molecule has 8 heterocycles. The first kappa shape index (κ1) is 39.8. The second kappa shape index (κ2) is 15.5. The van der Waals surface area contributed by atoms with Crippen molar-refractivity contribution in [1.82, 2.24) is 58.9 Å². The van der Waals surface area contributed by atoms with Gasteiger partial charge in [-0.05, 0) is 146 Å². The van der Waals surface area contributed by atoms with Gasteiger partial charge in [0.15, 0.2) is 0 Å². The van der Waals surface area contributed by atoms with Crippen LogP contribution in [0.2, 0.25) is 0 Å². The van der Waals surface area contributed by atoms with E-state index in [9.17, 15) is 9.59 Å². The lowest BCUT2D eigenvalue weighted by molar-refractivity contribution is 0.0941. The van der Waals surface area contributed by atoms with Crippen molar-refractivity contribution in [1.29, 1.82) is 0 Å². The molecule has 4 N–H and O–H groups in total. The van der Waals surface area contributed by atoms with E-state index >= 15 is 0 Å². The predicted molar refractivity (Wildman–Crippen MR) is 254 cm³/mol. The molecule has 2 aliphatic carbocycles. The Kier molecular flexibility index (Phi) is 9.33. The van der Waals surface area contributed by atoms with Crippen molar-refractivity contribution in [3.05, 3.63) is 165 Å². The summed E-state index contributed by atoms with van der Waals surface area (Å²) in [5.41, 5.74) is 15.7. The maximum absolute atomic E-state index is 14.7. The van der Waals surface area contributed by atoms with Crippen molar-refractivity contribution >= 4 is 44.9 Å². The molecule has 10 aromatic rings. The summed E-state index contributed by atoms with van der Waals surface area (Å²) in [5, 5.41) is 18.8. The molecule has 0 unspecified atom stereocenters. The average molecular weight is 875 g/mol. The fourth-order valence-corrected chi connectivity index (χ4v) is 9.86. The summed E-state index contributed by atoms with van der Waals surface area (Å²) in [4.78, 5) is 45.8. The SMILES string of the molecule is Cc1cc2[nH]ccc2c(C)c1CNC(=O)c1cn(Cc2cn3cc(C4CC4)ccc3n2)nc1-c1nn(Cc2cn3cc(C4CC4)ccc3n2)cc1C(=O)NCc1c(C)cc2[nH]ccc2c1C. The van der Waals surface area contributed by atoms with Crippen molar-refractivity contribution in [2.45, 2.75) is 91.4 Å². The van der Waals surface area contributed by atoms with Gasteiger partial charge in [0.2, 0.25) is 0 Å². The van der Waals surface area contributed by atoms with Crippen LogP contribution in [0.3, 0.4) is 0 Å². The summed E-state index contributed by atoms with van der Waals surface area (Å²) in [7, 11) is 0. The number of nitrogens with zero attached hydrogens (tertiary/aromatic N) is 8. The summed E-state index contributed by atoms with van der Waals surface area (Å²) in [6.07, 6.45) is 20.6. The third kappa shape index (κ3) is 7.22. The number of fused-ring (bicyclic) bond motifs is 4. The number of amides is 2. The molecule has 330 valence electrons. The molecule has 2 saturated carbocycles. The number of rotatable bonds is 13. The number of carbonyl (C=O) groups excluding carboxylic acids is 2. The third-order valence-electron chi connectivity index (χ3n) is 13.8. The summed E-state index contributed by atoms with van der Waals surface area (Å²) in [5.74, 6) is 0.573. The largest absolute Gasteiger partial charge is 0.361 e. The second-order valence-corrected chi connectivity index (χ2v) is 18.5. The predicted octanol–water partition coefficient (Wildman–Crippen LogP) is 8.95. The summed E-state index contributed by atoms with van der Waals surface area (Å²) in [6.45, 7) is 9.51. The van der Waals surface area contributed by atoms with Gasteiger partial charge in [0.1, 0.15) is 22.7 Å². The highest BCUT2D eigenvalue weighted by Crippen LogP contribution is 2.41. The smallest absolute Gasteiger partial charge is 0.255 e. The van der Waals surface area contributed by atoms with Crippen LogP contribution < -0.4 is 10.6 Å². The lowest BCUT2D eigenvalue weighted by Gasteiger charge is -2.13. The summed E-state index contributed by atoms with van der Waals surface area (Å²) < 4.78 is 7.60. The van der Waals surface area contributed by atoms with E-state index in [-0.39, 0.29) is 11.8 Å². The van der Waals surface area contributed by atoms with Crippen molar-refractivity contribution in [2.24, 2.45) is 0 Å². The van der Waals surface area contributed by atoms with Crippen LogP contribution >= 0.6 is 0 Å². The average Bonchev–Trinajstić information content (AvgIpc) is 3.88. The Balaban J connectivity index is 0.924. The molecule has 0 aliphatic heterocycles. The van der Waals surface area contributed by atoms with Gasteiger partial charge in [-0.2, -0.15) is 10.2 Å². The molecule has 66 heavy (non-hydrogen) atoms. The van der Waals surface area contributed by atoms with Gasteiger partial charge in [-0.3, -0.25) is 19.0 Å². The zero-order chi connectivity index (χ0) is 44.8. The van der Waals surface area contributed by atoms with Crippen LogP contribution in [-0.4, -0.2) is 60.1 Å². The number of imidazole rings is 2. The Morgan fingerprint density at radius 1 is 0.591 bits per heavy atom. The number of aromatic amines is 2. The van der Waals surface area contributed by atoms with Gasteiger partial charge < -0.3 is 29.4 Å². The number of nitrogens with one attached hydrogen (secondary N) is 4. The number of benzene rings is 2. The number of pyridine rings is 2. The Morgan fingerprint density at radius 2 is 1.03 bits per heavy atom. The number of hydrogen-bond acceptors (Lipinski definition) is 6. The van der Waals surface area contributed by atoms with Crippen molar-refractivity contribution in [2.75, 3.05) is 0 Å². The Bertz CT molecular complexity index is 3330. The maximum Gasteiger partial charge on any atom is 0.255 e. The van der Waals surface area contributed by atoms with Gasteiger partial charge in [0.25, 0.3) is 11.8 Å². The Morgan fingerprint density at radius 3 is 1.45 bits per heavy atom. The Labute approximate surface area is 380 Å². The van der Waals surface area contributed by atoms with Gasteiger partial charge in [0, 0.05) is 84.5 Å². The fraction of sp³-hybridized carbons (Fsp3) is 0.269. The molecule has 2 aliphatic rings. The normalized spacial score (nSPS) is 14.1. The number of hydrogen-bond donors (Lipinski definition) is 4. The molecule has 0 spiro atoms. The molecule has 14 nitrogen and oxygen atoms in total. The van der Waals surface area contributed by atoms with Gasteiger partial charge in [-0.15, -0.1) is 0 Å². The quantitative estimate of drug-likeness (QED) is 0.0905. The second-order valence-electron chi connectivity index (χ2n) is 18.5. The van der Waals surface area contributed by atoms with E-state index in [1.165, 1.54) is 36.8 Å². The van der Waals surface area contributed by atoms with Gasteiger partial charge in [-0.25, -0.2) is 9.97 Å². The third-order valence-corrected chi connectivity index (χ3v) is 13.8. The first-order valence-electron chi connectivity index (χ1n) is 22.9. The minimum Gasteiger partial charge on any atom is -0.361 e.